The number of hydrogen-bond acceptors (Lipinski definition) is 4. The van der Waals surface area contributed by atoms with Crippen LogP contribution < -0.4 is 5.32 Å². The largest absolute Gasteiger partial charge is 0.460 e. The minimum Gasteiger partial charge on any atom is -0.460 e. The van der Waals surface area contributed by atoms with Crippen LogP contribution >= 0.6 is 0 Å². The van der Waals surface area contributed by atoms with E-state index in [0.29, 0.717) is 12.8 Å². The second-order valence-electron chi connectivity index (χ2n) is 8.35. The number of amides is 1. The lowest BCUT2D eigenvalue weighted by Crippen LogP contribution is -2.46. The standard InChI is InChI=1S/C25H31NO4/c1-5-16-25(17-20-12-8-6-9-13-20,19-26-23(28)30-24(2,3)4)22(27)29-18-21-14-10-7-11-15-21/h5-15H,1,16-19H2,2-4H3,(H,26,28). The van der Waals surface area contributed by atoms with Gasteiger partial charge in [-0.1, -0.05) is 66.7 Å². The zero-order valence-corrected chi connectivity index (χ0v) is 18.0. The van der Waals surface area contributed by atoms with Gasteiger partial charge in [-0.15, -0.1) is 6.58 Å². The maximum absolute atomic E-state index is 13.3. The van der Waals surface area contributed by atoms with Crippen molar-refractivity contribution in [3.05, 3.63) is 84.4 Å². The molecule has 0 spiro atoms. The fraction of sp³-hybridized carbons (Fsp3) is 0.360. The highest BCUT2D eigenvalue weighted by Gasteiger charge is 2.40. The molecule has 0 aliphatic rings. The van der Waals surface area contributed by atoms with E-state index in [9.17, 15) is 9.59 Å². The molecular formula is C25H31NO4. The third-order valence-electron chi connectivity index (χ3n) is 4.54. The van der Waals surface area contributed by atoms with Crippen molar-refractivity contribution in [2.45, 2.75) is 45.8 Å². The molecule has 0 saturated carbocycles. The Bertz CT molecular complexity index is 827. The van der Waals surface area contributed by atoms with E-state index < -0.39 is 17.1 Å². The summed E-state index contributed by atoms with van der Waals surface area (Å²) in [6, 6.07) is 19.2. The minimum atomic E-state index is -0.991. The number of nitrogens with one attached hydrogen (secondary N) is 1. The first-order chi connectivity index (χ1) is 14.2. The summed E-state index contributed by atoms with van der Waals surface area (Å²) in [7, 11) is 0. The number of hydrogen-bond donors (Lipinski definition) is 1. The number of carbonyl (C=O) groups excluding carboxylic acids is 2. The van der Waals surface area contributed by atoms with Gasteiger partial charge in [0, 0.05) is 6.54 Å². The summed E-state index contributed by atoms with van der Waals surface area (Å²) in [6.45, 7) is 9.45. The number of carbonyl (C=O) groups is 2. The van der Waals surface area contributed by atoms with Gasteiger partial charge in [0.2, 0.25) is 0 Å². The maximum Gasteiger partial charge on any atom is 0.407 e. The van der Waals surface area contributed by atoms with Crippen molar-refractivity contribution < 1.29 is 19.1 Å². The molecule has 0 bridgehead atoms. The van der Waals surface area contributed by atoms with Crippen molar-refractivity contribution in [3.63, 3.8) is 0 Å². The second-order valence-corrected chi connectivity index (χ2v) is 8.35. The molecule has 1 N–H and O–H groups in total. The molecule has 0 saturated heterocycles. The zero-order valence-electron chi connectivity index (χ0n) is 18.0. The smallest absolute Gasteiger partial charge is 0.407 e. The first-order valence-electron chi connectivity index (χ1n) is 10.1. The molecule has 2 aromatic carbocycles. The molecule has 0 aromatic heterocycles. The average Bonchev–Trinajstić information content (AvgIpc) is 2.70. The molecule has 1 atom stereocenters. The lowest BCUT2D eigenvalue weighted by atomic mass is 9.78. The van der Waals surface area contributed by atoms with Crippen LogP contribution in [0.3, 0.4) is 0 Å². The Kier molecular flexibility index (Phi) is 8.22. The molecule has 30 heavy (non-hydrogen) atoms. The molecule has 2 aromatic rings. The van der Waals surface area contributed by atoms with Crippen LogP contribution in [0, 0.1) is 5.41 Å². The van der Waals surface area contributed by atoms with E-state index in [1.807, 2.05) is 60.7 Å². The van der Waals surface area contributed by atoms with Crippen molar-refractivity contribution in [2.75, 3.05) is 6.54 Å². The van der Waals surface area contributed by atoms with Crippen molar-refractivity contribution in [1.82, 2.24) is 5.32 Å². The highest BCUT2D eigenvalue weighted by atomic mass is 16.6. The van der Waals surface area contributed by atoms with Gasteiger partial charge in [-0.05, 0) is 44.7 Å². The number of benzene rings is 2. The highest BCUT2D eigenvalue weighted by molar-refractivity contribution is 5.79. The SMILES string of the molecule is C=CCC(CNC(=O)OC(C)(C)C)(Cc1ccccc1)C(=O)OCc1ccccc1. The lowest BCUT2D eigenvalue weighted by molar-refractivity contribution is -0.157. The van der Waals surface area contributed by atoms with Gasteiger partial charge in [0.15, 0.2) is 0 Å². The molecule has 0 aliphatic carbocycles. The number of ether oxygens (including phenoxy) is 2. The summed E-state index contributed by atoms with van der Waals surface area (Å²) in [6.07, 6.45) is 1.87. The predicted octanol–water partition coefficient (Wildman–Crippen LogP) is 5.06. The van der Waals surface area contributed by atoms with Gasteiger partial charge in [-0.2, -0.15) is 0 Å². The molecule has 160 valence electrons. The molecule has 0 fully saturated rings. The summed E-state index contributed by atoms with van der Waals surface area (Å²) in [5.74, 6) is -0.383. The lowest BCUT2D eigenvalue weighted by Gasteiger charge is -2.31. The summed E-state index contributed by atoms with van der Waals surface area (Å²) in [4.78, 5) is 25.5. The van der Waals surface area contributed by atoms with Gasteiger partial charge in [0.1, 0.15) is 12.2 Å². The first kappa shape index (κ1) is 23.2. The van der Waals surface area contributed by atoms with E-state index in [-0.39, 0.29) is 19.1 Å². The Morgan fingerprint density at radius 3 is 2.07 bits per heavy atom. The fourth-order valence-electron chi connectivity index (χ4n) is 3.13. The molecular weight excluding hydrogens is 378 g/mol. The van der Waals surface area contributed by atoms with Crippen molar-refractivity contribution in [2.24, 2.45) is 5.41 Å². The van der Waals surface area contributed by atoms with Gasteiger partial charge in [-0.25, -0.2) is 4.79 Å². The van der Waals surface area contributed by atoms with Crippen LogP contribution in [0.1, 0.15) is 38.3 Å². The Balaban J connectivity index is 2.22. The summed E-state index contributed by atoms with van der Waals surface area (Å²) < 4.78 is 11.0. The zero-order chi connectivity index (χ0) is 22.0. The maximum atomic E-state index is 13.3. The van der Waals surface area contributed by atoms with Crippen molar-refractivity contribution >= 4 is 12.1 Å². The first-order valence-corrected chi connectivity index (χ1v) is 10.1. The van der Waals surface area contributed by atoms with Crippen LogP contribution in [0.25, 0.3) is 0 Å². The van der Waals surface area contributed by atoms with E-state index >= 15 is 0 Å². The Morgan fingerprint density at radius 2 is 1.53 bits per heavy atom. The van der Waals surface area contributed by atoms with E-state index in [1.165, 1.54) is 0 Å². The fourth-order valence-corrected chi connectivity index (χ4v) is 3.13. The predicted molar refractivity (Wildman–Crippen MR) is 118 cm³/mol. The molecule has 0 aliphatic heterocycles. The minimum absolute atomic E-state index is 0.0798. The van der Waals surface area contributed by atoms with Crippen LogP contribution in [0.15, 0.2) is 73.3 Å². The van der Waals surface area contributed by atoms with E-state index in [1.54, 1.807) is 26.8 Å². The quantitative estimate of drug-likeness (QED) is 0.464. The molecule has 2 rings (SSSR count). The third-order valence-corrected chi connectivity index (χ3v) is 4.54. The Morgan fingerprint density at radius 1 is 0.967 bits per heavy atom. The van der Waals surface area contributed by atoms with E-state index in [2.05, 4.69) is 11.9 Å². The molecule has 1 unspecified atom stereocenters. The van der Waals surface area contributed by atoms with Crippen LogP contribution in [-0.4, -0.2) is 24.2 Å². The second kappa shape index (κ2) is 10.6. The Hall–Kier alpha value is -3.08. The number of alkyl carbamates (subject to hydrolysis) is 1. The van der Waals surface area contributed by atoms with Gasteiger partial charge in [0.25, 0.3) is 0 Å². The topological polar surface area (TPSA) is 64.6 Å². The van der Waals surface area contributed by atoms with Crippen molar-refractivity contribution in [1.29, 1.82) is 0 Å². The van der Waals surface area contributed by atoms with Crippen LogP contribution in [0.4, 0.5) is 4.79 Å². The van der Waals surface area contributed by atoms with Crippen LogP contribution in [0.5, 0.6) is 0 Å². The summed E-state index contributed by atoms with van der Waals surface area (Å²) in [5.41, 5.74) is 0.257. The van der Waals surface area contributed by atoms with Gasteiger partial charge in [-0.3, -0.25) is 4.79 Å². The molecule has 5 nitrogen and oxygen atoms in total. The molecule has 0 radical (unpaired) electrons. The third kappa shape index (κ3) is 7.39. The van der Waals surface area contributed by atoms with E-state index in [4.69, 9.17) is 9.47 Å². The van der Waals surface area contributed by atoms with Crippen LogP contribution in [-0.2, 0) is 27.3 Å². The van der Waals surface area contributed by atoms with Gasteiger partial charge in [0.05, 0.1) is 5.41 Å². The molecule has 5 heteroatoms. The molecule has 1 amide bonds. The number of esters is 1. The van der Waals surface area contributed by atoms with Gasteiger partial charge >= 0.3 is 12.1 Å². The number of allylic oxidation sites excluding steroid dienone is 1. The summed E-state index contributed by atoms with van der Waals surface area (Å²) >= 11 is 0. The Labute approximate surface area is 179 Å². The summed E-state index contributed by atoms with van der Waals surface area (Å²) in [5, 5.41) is 2.75. The average molecular weight is 410 g/mol. The monoisotopic (exact) mass is 409 g/mol. The highest BCUT2D eigenvalue weighted by Crippen LogP contribution is 2.30. The van der Waals surface area contributed by atoms with Gasteiger partial charge < -0.3 is 14.8 Å². The van der Waals surface area contributed by atoms with Crippen molar-refractivity contribution in [3.8, 4) is 0 Å². The normalized spacial score (nSPS) is 13.0. The van der Waals surface area contributed by atoms with E-state index in [0.717, 1.165) is 11.1 Å². The number of rotatable bonds is 9. The molecule has 0 heterocycles. The van der Waals surface area contributed by atoms with Crippen LogP contribution in [0.2, 0.25) is 0 Å².